The summed E-state index contributed by atoms with van der Waals surface area (Å²) < 4.78 is 33.1. The van der Waals surface area contributed by atoms with Gasteiger partial charge >= 0.3 is 0 Å². The minimum Gasteiger partial charge on any atom is -0.463 e. The number of hydrogen-bond acceptors (Lipinski definition) is 5. The predicted octanol–water partition coefficient (Wildman–Crippen LogP) is 3.54. The zero-order valence-corrected chi connectivity index (χ0v) is 12.8. The Labute approximate surface area is 132 Å². The molecule has 7 heteroatoms. The second-order valence-electron chi connectivity index (χ2n) is 5.19. The molecule has 0 aliphatic carbocycles. The topological polar surface area (TPSA) is 83.4 Å². The number of nitrogens with one attached hydrogen (secondary N) is 3. The number of furan rings is 1. The van der Waals surface area contributed by atoms with Crippen LogP contribution in [0, 0.1) is 0 Å². The van der Waals surface area contributed by atoms with Crippen LogP contribution in [0.4, 0.5) is 17.1 Å². The molecule has 1 aromatic heterocycles. The summed E-state index contributed by atoms with van der Waals surface area (Å²) in [6.07, 6.45) is 1.25. The average Bonchev–Trinajstić information content (AvgIpc) is 3.09. The Bertz CT molecular complexity index is 1040. The van der Waals surface area contributed by atoms with Crippen molar-refractivity contribution in [2.75, 3.05) is 15.4 Å². The van der Waals surface area contributed by atoms with Crippen LogP contribution in [-0.4, -0.2) is 8.42 Å². The Kier molecular flexibility index (Phi) is 2.85. The van der Waals surface area contributed by atoms with E-state index < -0.39 is 10.0 Å². The van der Waals surface area contributed by atoms with Crippen LogP contribution in [0.1, 0.15) is 0 Å². The van der Waals surface area contributed by atoms with E-state index in [1.807, 2.05) is 0 Å². The molecule has 0 amide bonds. The molecule has 0 fully saturated rings. The highest BCUT2D eigenvalue weighted by molar-refractivity contribution is 7.93. The third kappa shape index (κ3) is 2.31. The van der Waals surface area contributed by atoms with Crippen molar-refractivity contribution in [1.29, 1.82) is 0 Å². The van der Waals surface area contributed by atoms with E-state index in [1.165, 1.54) is 6.26 Å². The second kappa shape index (κ2) is 4.79. The first-order valence-corrected chi connectivity index (χ1v) is 8.37. The number of fused-ring (bicyclic) bond motifs is 2. The van der Waals surface area contributed by atoms with E-state index in [4.69, 9.17) is 4.42 Å². The van der Waals surface area contributed by atoms with Crippen molar-refractivity contribution in [2.45, 2.75) is 4.90 Å². The Balaban J connectivity index is 1.71. The highest BCUT2D eigenvalue weighted by Gasteiger charge is 2.21. The molecule has 0 radical (unpaired) electrons. The van der Waals surface area contributed by atoms with Crippen molar-refractivity contribution in [3.05, 3.63) is 61.1 Å². The maximum absolute atomic E-state index is 12.6. The first kappa shape index (κ1) is 13.7. The first-order chi connectivity index (χ1) is 11.0. The zero-order chi connectivity index (χ0) is 16.0. The summed E-state index contributed by atoms with van der Waals surface area (Å²) in [5, 5.41) is 6.62. The number of hydrogen-bond donors (Lipinski definition) is 3. The highest BCUT2D eigenvalue weighted by Crippen LogP contribution is 2.33. The largest absolute Gasteiger partial charge is 0.463 e. The van der Waals surface area contributed by atoms with Crippen molar-refractivity contribution < 1.29 is 12.8 Å². The summed E-state index contributed by atoms with van der Waals surface area (Å²) in [5.41, 5.74) is 2.61. The highest BCUT2D eigenvalue weighted by atomic mass is 32.2. The molecule has 0 unspecified atom stereocenters. The van der Waals surface area contributed by atoms with E-state index in [0.29, 0.717) is 22.5 Å². The molecular formula is C16H13N3O3S. The SMILES string of the molecule is C=C1Nc2ccc(NS(=O)(=O)c3coc4ccccc34)cc2N1. The Hall–Kier alpha value is -2.93. The lowest BCUT2D eigenvalue weighted by atomic mass is 10.2. The lowest BCUT2D eigenvalue weighted by Crippen LogP contribution is -2.12. The summed E-state index contributed by atoms with van der Waals surface area (Å²) in [6.45, 7) is 3.77. The molecule has 0 saturated heterocycles. The molecular weight excluding hydrogens is 314 g/mol. The third-order valence-electron chi connectivity index (χ3n) is 3.58. The molecule has 2 aromatic carbocycles. The van der Waals surface area contributed by atoms with Gasteiger partial charge in [-0.05, 0) is 30.3 Å². The molecule has 3 N–H and O–H groups in total. The zero-order valence-electron chi connectivity index (χ0n) is 12.0. The van der Waals surface area contributed by atoms with Crippen molar-refractivity contribution in [1.82, 2.24) is 0 Å². The van der Waals surface area contributed by atoms with Gasteiger partial charge in [-0.15, -0.1) is 0 Å². The molecule has 0 saturated carbocycles. The van der Waals surface area contributed by atoms with E-state index in [-0.39, 0.29) is 4.90 Å². The smallest absolute Gasteiger partial charge is 0.265 e. The molecule has 2 heterocycles. The number of benzene rings is 2. The van der Waals surface area contributed by atoms with Crippen LogP contribution in [0.5, 0.6) is 0 Å². The van der Waals surface area contributed by atoms with Gasteiger partial charge in [0.05, 0.1) is 17.1 Å². The van der Waals surface area contributed by atoms with Gasteiger partial charge in [0.1, 0.15) is 22.6 Å². The molecule has 0 atom stereocenters. The first-order valence-electron chi connectivity index (χ1n) is 6.89. The second-order valence-corrected chi connectivity index (χ2v) is 6.84. The molecule has 23 heavy (non-hydrogen) atoms. The number of rotatable bonds is 3. The van der Waals surface area contributed by atoms with Gasteiger partial charge in [0.15, 0.2) is 0 Å². The molecule has 4 rings (SSSR count). The van der Waals surface area contributed by atoms with E-state index in [1.54, 1.807) is 42.5 Å². The van der Waals surface area contributed by atoms with Crippen LogP contribution >= 0.6 is 0 Å². The summed E-state index contributed by atoms with van der Waals surface area (Å²) in [5.74, 6) is 0.654. The summed E-state index contributed by atoms with van der Waals surface area (Å²) in [7, 11) is -3.74. The van der Waals surface area contributed by atoms with Crippen LogP contribution in [0.3, 0.4) is 0 Å². The van der Waals surface area contributed by atoms with Crippen LogP contribution in [0.15, 0.2) is 70.4 Å². The lowest BCUT2D eigenvalue weighted by molar-refractivity contribution is 0.587. The van der Waals surface area contributed by atoms with Crippen molar-refractivity contribution in [3.8, 4) is 0 Å². The van der Waals surface area contributed by atoms with Gasteiger partial charge in [0.2, 0.25) is 0 Å². The fraction of sp³-hybridized carbons (Fsp3) is 0. The van der Waals surface area contributed by atoms with Crippen LogP contribution in [-0.2, 0) is 10.0 Å². The van der Waals surface area contributed by atoms with Crippen LogP contribution in [0.2, 0.25) is 0 Å². The van der Waals surface area contributed by atoms with Crippen LogP contribution in [0.25, 0.3) is 11.0 Å². The third-order valence-corrected chi connectivity index (χ3v) is 4.98. The minimum absolute atomic E-state index is 0.115. The normalized spacial score (nSPS) is 13.5. The van der Waals surface area contributed by atoms with Crippen molar-refractivity contribution in [2.24, 2.45) is 0 Å². The minimum atomic E-state index is -3.74. The maximum atomic E-state index is 12.6. The maximum Gasteiger partial charge on any atom is 0.265 e. The Morgan fingerprint density at radius 3 is 2.70 bits per heavy atom. The van der Waals surface area contributed by atoms with Crippen molar-refractivity contribution >= 4 is 38.1 Å². The van der Waals surface area contributed by atoms with Gasteiger partial charge in [-0.25, -0.2) is 8.42 Å². The summed E-state index contributed by atoms with van der Waals surface area (Å²) in [6, 6.07) is 12.2. The number of anilines is 3. The predicted molar refractivity (Wildman–Crippen MR) is 89.8 cm³/mol. The van der Waals surface area contributed by atoms with E-state index in [9.17, 15) is 8.42 Å². The Morgan fingerprint density at radius 2 is 1.83 bits per heavy atom. The van der Waals surface area contributed by atoms with E-state index >= 15 is 0 Å². The molecule has 1 aliphatic rings. The standard InChI is InChI=1S/C16H13N3O3S/c1-10-17-13-7-6-11(8-14(13)18-10)19-23(20,21)16-9-22-15-5-3-2-4-12(15)16/h2-9,17-19H,1H2. The van der Waals surface area contributed by atoms with Gasteiger partial charge in [0.25, 0.3) is 10.0 Å². The number of sulfonamides is 1. The lowest BCUT2D eigenvalue weighted by Gasteiger charge is -2.08. The molecule has 1 aliphatic heterocycles. The quantitative estimate of drug-likeness (QED) is 0.685. The molecule has 0 bridgehead atoms. The molecule has 116 valence electrons. The van der Waals surface area contributed by atoms with Crippen LogP contribution < -0.4 is 15.4 Å². The van der Waals surface area contributed by atoms with Gasteiger partial charge < -0.3 is 15.1 Å². The fourth-order valence-corrected chi connectivity index (χ4v) is 3.73. The molecule has 0 spiro atoms. The summed E-state index contributed by atoms with van der Waals surface area (Å²) in [4.78, 5) is 0.115. The van der Waals surface area contributed by atoms with Gasteiger partial charge in [-0.2, -0.15) is 0 Å². The molecule has 6 nitrogen and oxygen atoms in total. The average molecular weight is 327 g/mol. The van der Waals surface area contributed by atoms with E-state index in [0.717, 1.165) is 11.4 Å². The van der Waals surface area contributed by atoms with E-state index in [2.05, 4.69) is 21.9 Å². The Morgan fingerprint density at radius 1 is 1.04 bits per heavy atom. The fourth-order valence-electron chi connectivity index (χ4n) is 2.55. The number of para-hydroxylation sites is 1. The van der Waals surface area contributed by atoms with Crippen molar-refractivity contribution in [3.63, 3.8) is 0 Å². The monoisotopic (exact) mass is 327 g/mol. The molecule has 3 aromatic rings. The van der Waals surface area contributed by atoms with Gasteiger partial charge in [-0.1, -0.05) is 18.7 Å². The van der Waals surface area contributed by atoms with Gasteiger partial charge in [-0.3, -0.25) is 4.72 Å². The van der Waals surface area contributed by atoms with Gasteiger partial charge in [0, 0.05) is 5.39 Å². The summed E-state index contributed by atoms with van der Waals surface area (Å²) >= 11 is 0.